The van der Waals surface area contributed by atoms with Gasteiger partial charge in [0.2, 0.25) is 11.8 Å². The van der Waals surface area contributed by atoms with Crippen LogP contribution in [0.25, 0.3) is 0 Å². The Bertz CT molecular complexity index is 1300. The average molecular weight is 546 g/mol. The minimum Gasteiger partial charge on any atom is -0.355 e. The minimum absolute atomic E-state index is 0.00161. The summed E-state index contributed by atoms with van der Waals surface area (Å²) in [5, 5.41) is 3.11. The van der Waals surface area contributed by atoms with Gasteiger partial charge in [0, 0.05) is 18.1 Å². The van der Waals surface area contributed by atoms with Crippen LogP contribution < -0.4 is 9.62 Å². The Morgan fingerprint density at radius 3 is 2.14 bits per heavy atom. The number of likely N-dealkylation sites (N-methyl/N-ethyl adjacent to an activating group) is 1. The lowest BCUT2D eigenvalue weighted by atomic mass is 10.1. The predicted octanol–water partition coefficient (Wildman–Crippen LogP) is 4.62. The fourth-order valence-electron chi connectivity index (χ4n) is 3.85. The molecule has 0 bridgehead atoms. The summed E-state index contributed by atoms with van der Waals surface area (Å²) in [6.45, 7) is 3.36. The molecule has 3 rings (SSSR count). The Kier molecular flexibility index (Phi) is 9.66. The Morgan fingerprint density at radius 2 is 1.57 bits per heavy atom. The molecule has 10 heteroatoms. The Hall–Kier alpha value is -3.43. The minimum atomic E-state index is -4.16. The van der Waals surface area contributed by atoms with Crippen molar-refractivity contribution < 1.29 is 22.4 Å². The fraction of sp³-hybridized carbons (Fsp3) is 0.259. The van der Waals surface area contributed by atoms with Gasteiger partial charge in [-0.05, 0) is 67.4 Å². The number of rotatable bonds is 11. The quantitative estimate of drug-likeness (QED) is 0.381. The van der Waals surface area contributed by atoms with E-state index in [1.54, 1.807) is 44.2 Å². The molecule has 2 amide bonds. The number of amides is 2. The molecule has 3 aromatic carbocycles. The molecule has 0 aliphatic heterocycles. The molecule has 1 atom stereocenters. The van der Waals surface area contributed by atoms with Crippen LogP contribution in [-0.4, -0.2) is 44.3 Å². The number of benzene rings is 3. The van der Waals surface area contributed by atoms with Crippen molar-refractivity contribution in [3.05, 3.63) is 95.3 Å². The first-order valence-electron chi connectivity index (χ1n) is 11.8. The molecule has 0 radical (unpaired) electrons. The van der Waals surface area contributed by atoms with Gasteiger partial charge >= 0.3 is 0 Å². The maximum Gasteiger partial charge on any atom is 0.264 e. The van der Waals surface area contributed by atoms with Crippen LogP contribution in [0.2, 0.25) is 5.02 Å². The van der Waals surface area contributed by atoms with Crippen LogP contribution in [0.4, 0.5) is 10.1 Å². The number of hydrogen-bond donors (Lipinski definition) is 1. The summed E-state index contributed by atoms with van der Waals surface area (Å²) < 4.78 is 41.8. The van der Waals surface area contributed by atoms with E-state index in [1.165, 1.54) is 53.4 Å². The van der Waals surface area contributed by atoms with E-state index in [9.17, 15) is 22.4 Å². The van der Waals surface area contributed by atoms with Gasteiger partial charge in [-0.1, -0.05) is 48.9 Å². The zero-order chi connectivity index (χ0) is 27.0. The van der Waals surface area contributed by atoms with Crippen LogP contribution in [0.1, 0.15) is 25.8 Å². The summed E-state index contributed by atoms with van der Waals surface area (Å²) in [7, 11) is -4.16. The fourth-order valence-corrected chi connectivity index (χ4v) is 5.39. The summed E-state index contributed by atoms with van der Waals surface area (Å²) in [6.07, 6.45) is 0.300. The molecule has 0 saturated heterocycles. The maximum atomic E-state index is 13.8. The first-order valence-corrected chi connectivity index (χ1v) is 13.6. The van der Waals surface area contributed by atoms with Gasteiger partial charge < -0.3 is 10.2 Å². The zero-order valence-corrected chi connectivity index (χ0v) is 22.2. The molecule has 0 heterocycles. The Balaban J connectivity index is 2.02. The molecule has 0 unspecified atom stereocenters. The third kappa shape index (κ3) is 7.08. The zero-order valence-electron chi connectivity index (χ0n) is 20.6. The number of nitrogens with zero attached hydrogens (tertiary/aromatic N) is 2. The molecular formula is C27H29ClFN3O4S. The highest BCUT2D eigenvalue weighted by Gasteiger charge is 2.33. The highest BCUT2D eigenvalue weighted by atomic mass is 35.5. The average Bonchev–Trinajstić information content (AvgIpc) is 2.89. The van der Waals surface area contributed by atoms with Gasteiger partial charge in [0.15, 0.2) is 0 Å². The summed E-state index contributed by atoms with van der Waals surface area (Å²) in [5.74, 6) is -1.36. The van der Waals surface area contributed by atoms with Crippen LogP contribution in [0.3, 0.4) is 0 Å². The van der Waals surface area contributed by atoms with Crippen LogP contribution in [-0.2, 0) is 26.2 Å². The normalized spacial score (nSPS) is 12.0. The largest absolute Gasteiger partial charge is 0.355 e. The van der Waals surface area contributed by atoms with E-state index in [1.807, 2.05) is 0 Å². The molecule has 0 spiro atoms. The van der Waals surface area contributed by atoms with Crippen LogP contribution in [0, 0.1) is 5.82 Å². The molecule has 37 heavy (non-hydrogen) atoms. The van der Waals surface area contributed by atoms with E-state index in [2.05, 4.69) is 5.32 Å². The van der Waals surface area contributed by atoms with E-state index in [4.69, 9.17) is 11.6 Å². The number of halogens is 2. The highest BCUT2D eigenvalue weighted by molar-refractivity contribution is 7.92. The summed E-state index contributed by atoms with van der Waals surface area (Å²) in [5.41, 5.74) is 0.892. The molecule has 196 valence electrons. The van der Waals surface area contributed by atoms with E-state index < -0.39 is 34.3 Å². The van der Waals surface area contributed by atoms with Crippen LogP contribution >= 0.6 is 11.6 Å². The molecule has 1 N–H and O–H groups in total. The summed E-state index contributed by atoms with van der Waals surface area (Å²) in [4.78, 5) is 28.0. The van der Waals surface area contributed by atoms with Crippen molar-refractivity contribution in [1.82, 2.24) is 10.2 Å². The summed E-state index contributed by atoms with van der Waals surface area (Å²) in [6, 6.07) is 18.7. The van der Waals surface area contributed by atoms with Gasteiger partial charge in [0.1, 0.15) is 18.4 Å². The Morgan fingerprint density at radius 1 is 0.946 bits per heavy atom. The smallest absolute Gasteiger partial charge is 0.264 e. The first-order chi connectivity index (χ1) is 17.7. The lowest BCUT2D eigenvalue weighted by molar-refractivity contribution is -0.140. The van der Waals surface area contributed by atoms with Gasteiger partial charge in [-0.25, -0.2) is 12.8 Å². The third-order valence-corrected chi connectivity index (χ3v) is 7.77. The molecule has 0 fully saturated rings. The van der Waals surface area contributed by atoms with Crippen molar-refractivity contribution in [3.63, 3.8) is 0 Å². The lowest BCUT2D eigenvalue weighted by Gasteiger charge is -2.33. The predicted molar refractivity (Wildman–Crippen MR) is 142 cm³/mol. The van der Waals surface area contributed by atoms with Gasteiger partial charge in [0.05, 0.1) is 10.6 Å². The topological polar surface area (TPSA) is 86.8 Å². The van der Waals surface area contributed by atoms with Crippen molar-refractivity contribution in [1.29, 1.82) is 0 Å². The maximum absolute atomic E-state index is 13.8. The van der Waals surface area contributed by atoms with E-state index >= 15 is 0 Å². The van der Waals surface area contributed by atoms with Crippen molar-refractivity contribution in [2.45, 2.75) is 37.8 Å². The van der Waals surface area contributed by atoms with E-state index in [-0.39, 0.29) is 17.3 Å². The van der Waals surface area contributed by atoms with Gasteiger partial charge in [0.25, 0.3) is 10.0 Å². The molecule has 0 aromatic heterocycles. The number of carbonyl (C=O) groups excluding carboxylic acids is 2. The Labute approximate surface area is 221 Å². The number of para-hydroxylation sites is 1. The van der Waals surface area contributed by atoms with Gasteiger partial charge in [-0.3, -0.25) is 13.9 Å². The van der Waals surface area contributed by atoms with Crippen molar-refractivity contribution in [2.24, 2.45) is 0 Å². The third-order valence-electron chi connectivity index (χ3n) is 5.73. The SMILES string of the molecule is CCNC(=O)[C@@H](CC)N(Cc1ccc(F)cc1)C(=O)CN(c1ccccc1)S(=O)(=O)c1ccc(Cl)cc1. The number of nitrogens with one attached hydrogen (secondary N) is 1. The van der Waals surface area contributed by atoms with E-state index in [0.717, 1.165) is 4.31 Å². The number of hydrogen-bond acceptors (Lipinski definition) is 4. The lowest BCUT2D eigenvalue weighted by Crippen LogP contribution is -2.52. The molecule has 0 saturated carbocycles. The highest BCUT2D eigenvalue weighted by Crippen LogP contribution is 2.25. The second kappa shape index (κ2) is 12.7. The van der Waals surface area contributed by atoms with Gasteiger partial charge in [-0.2, -0.15) is 0 Å². The number of anilines is 1. The summed E-state index contributed by atoms with van der Waals surface area (Å²) >= 11 is 5.95. The second-order valence-corrected chi connectivity index (χ2v) is 10.6. The van der Waals surface area contributed by atoms with Crippen LogP contribution in [0.5, 0.6) is 0 Å². The van der Waals surface area contributed by atoms with Crippen LogP contribution in [0.15, 0.2) is 83.8 Å². The van der Waals surface area contributed by atoms with Crippen molar-refractivity contribution in [3.8, 4) is 0 Å². The first kappa shape index (κ1) is 28.1. The van der Waals surface area contributed by atoms with E-state index in [0.29, 0.717) is 29.2 Å². The van der Waals surface area contributed by atoms with Gasteiger partial charge in [-0.15, -0.1) is 0 Å². The molecule has 3 aromatic rings. The second-order valence-electron chi connectivity index (χ2n) is 8.27. The standard InChI is InChI=1S/C27H29ClFN3O4S/c1-3-25(27(34)30-4-2)31(18-20-10-14-22(29)15-11-20)26(33)19-32(23-8-6-5-7-9-23)37(35,36)24-16-12-21(28)13-17-24/h5-17,25H,3-4,18-19H2,1-2H3,(H,30,34)/t25-/m1/s1. The number of carbonyl (C=O) groups is 2. The molecule has 0 aliphatic rings. The molecular weight excluding hydrogens is 517 g/mol. The monoisotopic (exact) mass is 545 g/mol. The number of sulfonamides is 1. The molecule has 0 aliphatic carbocycles. The van der Waals surface area contributed by atoms with Crippen molar-refractivity contribution in [2.75, 3.05) is 17.4 Å². The van der Waals surface area contributed by atoms with Crippen molar-refractivity contribution >= 4 is 39.1 Å². The molecule has 7 nitrogen and oxygen atoms in total.